The van der Waals surface area contributed by atoms with Gasteiger partial charge in [0, 0.05) is 11.6 Å². The molecular weight excluding hydrogens is 345 g/mol. The molecule has 4 nitrogen and oxygen atoms in total. The Morgan fingerprint density at radius 2 is 1.92 bits per heavy atom. The van der Waals surface area contributed by atoms with Gasteiger partial charge in [-0.3, -0.25) is 0 Å². The van der Waals surface area contributed by atoms with Crippen molar-refractivity contribution in [1.29, 1.82) is 0 Å². The first-order chi connectivity index (χ1) is 11.3. The average molecular weight is 359 g/mol. The molecule has 2 aromatic rings. The van der Waals surface area contributed by atoms with Crippen LogP contribution in [0.15, 0.2) is 42.5 Å². The normalized spacial score (nSPS) is 11.0. The quantitative estimate of drug-likeness (QED) is 0.833. The van der Waals surface area contributed by atoms with Crippen molar-refractivity contribution >= 4 is 23.3 Å². The van der Waals surface area contributed by atoms with Crippen molar-refractivity contribution in [2.75, 3.05) is 12.4 Å². The van der Waals surface area contributed by atoms with Crippen LogP contribution in [0.25, 0.3) is 0 Å². The van der Waals surface area contributed by atoms with Crippen molar-refractivity contribution in [1.82, 2.24) is 5.32 Å². The highest BCUT2D eigenvalue weighted by Crippen LogP contribution is 2.32. The predicted molar refractivity (Wildman–Crippen MR) is 85.3 cm³/mol. The van der Waals surface area contributed by atoms with Crippen LogP contribution in [0, 0.1) is 0 Å². The largest absolute Gasteiger partial charge is 0.495 e. The van der Waals surface area contributed by atoms with Gasteiger partial charge >= 0.3 is 12.2 Å². The second-order valence-corrected chi connectivity index (χ2v) is 5.24. The van der Waals surface area contributed by atoms with Gasteiger partial charge in [-0.1, -0.05) is 29.8 Å². The number of anilines is 1. The van der Waals surface area contributed by atoms with Gasteiger partial charge in [0.25, 0.3) is 0 Å². The average Bonchev–Trinajstić information content (AvgIpc) is 2.52. The van der Waals surface area contributed by atoms with Crippen LogP contribution >= 0.6 is 11.6 Å². The van der Waals surface area contributed by atoms with E-state index in [-0.39, 0.29) is 12.1 Å². The standard InChI is InChI=1S/C16H14ClF3N2O2/c1-24-14-7-6-11(17)8-13(14)22-15(23)21-9-10-4-2-3-5-12(10)16(18,19)20/h2-8H,9H2,1H3,(H2,21,22,23). The molecule has 0 aliphatic rings. The molecule has 0 unspecified atom stereocenters. The van der Waals surface area contributed by atoms with E-state index in [0.717, 1.165) is 6.07 Å². The number of carbonyl (C=O) groups excluding carboxylic acids is 1. The lowest BCUT2D eigenvalue weighted by Crippen LogP contribution is -2.29. The molecule has 128 valence electrons. The monoisotopic (exact) mass is 358 g/mol. The van der Waals surface area contributed by atoms with E-state index >= 15 is 0 Å². The summed E-state index contributed by atoms with van der Waals surface area (Å²) in [6, 6.07) is 9.00. The molecule has 0 bridgehead atoms. The van der Waals surface area contributed by atoms with E-state index in [1.54, 1.807) is 12.1 Å². The Morgan fingerprint density at radius 1 is 1.21 bits per heavy atom. The van der Waals surface area contributed by atoms with Crippen molar-refractivity contribution in [2.45, 2.75) is 12.7 Å². The predicted octanol–water partition coefficient (Wildman–Crippen LogP) is 4.69. The zero-order valence-electron chi connectivity index (χ0n) is 12.6. The summed E-state index contributed by atoms with van der Waals surface area (Å²) < 4.78 is 43.8. The van der Waals surface area contributed by atoms with Crippen LogP contribution in [0.2, 0.25) is 5.02 Å². The van der Waals surface area contributed by atoms with Crippen LogP contribution < -0.4 is 15.4 Å². The van der Waals surface area contributed by atoms with E-state index in [1.807, 2.05) is 0 Å². The molecule has 2 N–H and O–H groups in total. The number of amides is 2. The molecule has 0 saturated carbocycles. The minimum absolute atomic E-state index is 0.0294. The van der Waals surface area contributed by atoms with Crippen molar-refractivity contribution in [3.8, 4) is 5.75 Å². The summed E-state index contributed by atoms with van der Waals surface area (Å²) in [6.45, 7) is -0.273. The Hall–Kier alpha value is -2.41. The van der Waals surface area contributed by atoms with Crippen molar-refractivity contribution in [3.63, 3.8) is 0 Å². The van der Waals surface area contributed by atoms with Crippen LogP contribution in [0.1, 0.15) is 11.1 Å². The number of urea groups is 1. The second-order valence-electron chi connectivity index (χ2n) is 4.81. The van der Waals surface area contributed by atoms with Crippen LogP contribution in [0.3, 0.4) is 0 Å². The lowest BCUT2D eigenvalue weighted by atomic mass is 10.1. The third kappa shape index (κ3) is 4.55. The number of alkyl halides is 3. The van der Waals surface area contributed by atoms with Gasteiger partial charge in [0.05, 0.1) is 18.4 Å². The number of ether oxygens (including phenoxy) is 1. The molecule has 0 radical (unpaired) electrons. The third-order valence-electron chi connectivity index (χ3n) is 3.17. The maximum atomic E-state index is 12.9. The fourth-order valence-electron chi connectivity index (χ4n) is 2.07. The number of carbonyl (C=O) groups is 1. The van der Waals surface area contributed by atoms with Crippen LogP contribution in [0.4, 0.5) is 23.7 Å². The molecule has 8 heteroatoms. The van der Waals surface area contributed by atoms with Gasteiger partial charge in [-0.15, -0.1) is 0 Å². The molecule has 0 spiro atoms. The number of hydrogen-bond acceptors (Lipinski definition) is 2. The molecule has 0 heterocycles. The minimum atomic E-state index is -4.48. The van der Waals surface area contributed by atoms with Crippen molar-refractivity contribution < 1.29 is 22.7 Å². The summed E-state index contributed by atoms with van der Waals surface area (Å²) in [5.74, 6) is 0.380. The highest BCUT2D eigenvalue weighted by atomic mass is 35.5. The maximum Gasteiger partial charge on any atom is 0.416 e. The van der Waals surface area contributed by atoms with Crippen LogP contribution in [-0.2, 0) is 12.7 Å². The van der Waals surface area contributed by atoms with E-state index in [0.29, 0.717) is 16.5 Å². The zero-order valence-corrected chi connectivity index (χ0v) is 13.3. The minimum Gasteiger partial charge on any atom is -0.495 e. The van der Waals surface area contributed by atoms with E-state index in [1.165, 1.54) is 31.4 Å². The van der Waals surface area contributed by atoms with Crippen molar-refractivity contribution in [2.24, 2.45) is 0 Å². The molecule has 24 heavy (non-hydrogen) atoms. The lowest BCUT2D eigenvalue weighted by Gasteiger charge is -2.14. The molecule has 0 aliphatic heterocycles. The fourth-order valence-corrected chi connectivity index (χ4v) is 2.24. The summed E-state index contributed by atoms with van der Waals surface area (Å²) in [6.07, 6.45) is -4.48. The zero-order chi connectivity index (χ0) is 17.7. The molecule has 0 saturated heterocycles. The summed E-state index contributed by atoms with van der Waals surface area (Å²) in [4.78, 5) is 11.9. The number of methoxy groups -OCH3 is 1. The maximum absolute atomic E-state index is 12.9. The van der Waals surface area contributed by atoms with E-state index in [2.05, 4.69) is 10.6 Å². The highest BCUT2D eigenvalue weighted by Gasteiger charge is 2.32. The Morgan fingerprint density at radius 3 is 2.58 bits per heavy atom. The smallest absolute Gasteiger partial charge is 0.416 e. The number of rotatable bonds is 4. The number of halogens is 4. The molecule has 2 amide bonds. The highest BCUT2D eigenvalue weighted by molar-refractivity contribution is 6.31. The van der Waals surface area contributed by atoms with E-state index in [4.69, 9.17) is 16.3 Å². The van der Waals surface area contributed by atoms with Gasteiger partial charge in [0.2, 0.25) is 0 Å². The molecule has 0 fully saturated rings. The van der Waals surface area contributed by atoms with Crippen molar-refractivity contribution in [3.05, 3.63) is 58.6 Å². The Balaban J connectivity index is 2.06. The van der Waals surface area contributed by atoms with Gasteiger partial charge in [-0.2, -0.15) is 13.2 Å². The number of benzene rings is 2. The second kappa shape index (κ2) is 7.44. The van der Waals surface area contributed by atoms with Gasteiger partial charge in [-0.05, 0) is 29.8 Å². The first-order valence-electron chi connectivity index (χ1n) is 6.84. The van der Waals surface area contributed by atoms with Crippen LogP contribution in [0.5, 0.6) is 5.75 Å². The number of hydrogen-bond donors (Lipinski definition) is 2. The Bertz CT molecular complexity index is 736. The fraction of sp³-hybridized carbons (Fsp3) is 0.188. The summed E-state index contributed by atoms with van der Waals surface area (Å²) >= 11 is 5.85. The van der Waals surface area contributed by atoms with Gasteiger partial charge in [0.15, 0.2) is 0 Å². The molecule has 2 rings (SSSR count). The SMILES string of the molecule is COc1ccc(Cl)cc1NC(=O)NCc1ccccc1C(F)(F)F. The summed E-state index contributed by atoms with van der Waals surface area (Å²) in [7, 11) is 1.42. The van der Waals surface area contributed by atoms with Gasteiger partial charge in [0.1, 0.15) is 5.75 Å². The van der Waals surface area contributed by atoms with Gasteiger partial charge < -0.3 is 15.4 Å². The molecule has 2 aromatic carbocycles. The molecule has 0 atom stereocenters. The first-order valence-corrected chi connectivity index (χ1v) is 7.22. The van der Waals surface area contributed by atoms with Gasteiger partial charge in [-0.25, -0.2) is 4.79 Å². The topological polar surface area (TPSA) is 50.4 Å². The van der Waals surface area contributed by atoms with Crippen LogP contribution in [-0.4, -0.2) is 13.1 Å². The summed E-state index contributed by atoms with van der Waals surface area (Å²) in [5, 5.41) is 5.25. The molecular formula is C16H14ClF3N2O2. The van der Waals surface area contributed by atoms with E-state index < -0.39 is 17.8 Å². The Labute approximate surface area is 141 Å². The summed E-state index contributed by atoms with van der Waals surface area (Å²) in [5.41, 5.74) is -0.504. The number of nitrogens with one attached hydrogen (secondary N) is 2. The Kier molecular flexibility index (Phi) is 5.56. The lowest BCUT2D eigenvalue weighted by molar-refractivity contribution is -0.138. The molecule has 0 aromatic heterocycles. The van der Waals surface area contributed by atoms with E-state index in [9.17, 15) is 18.0 Å². The first kappa shape index (κ1) is 17.9. The molecule has 0 aliphatic carbocycles. The third-order valence-corrected chi connectivity index (χ3v) is 3.41.